The highest BCUT2D eigenvalue weighted by atomic mass is 16.2. The van der Waals surface area contributed by atoms with Gasteiger partial charge in [0.25, 0.3) is 0 Å². The Labute approximate surface area is 122 Å². The third-order valence-corrected chi connectivity index (χ3v) is 2.86. The first-order valence-corrected chi connectivity index (χ1v) is 7.14. The standard InChI is InChI=1S/C14H20N2O2.C2H6/c1-15-13(17)9-7-11-3-5-12(6-4-11)8-10-14(18)16-2;1-2/h3-6H,7-10H2,1-2H3,(H,15,17)(H,16,18);1-2H3. The van der Waals surface area contributed by atoms with E-state index in [4.69, 9.17) is 0 Å². The van der Waals surface area contributed by atoms with Crippen LogP contribution in [0.3, 0.4) is 0 Å². The summed E-state index contributed by atoms with van der Waals surface area (Å²) in [5, 5.41) is 5.20. The van der Waals surface area contributed by atoms with Crippen LogP contribution < -0.4 is 10.6 Å². The van der Waals surface area contributed by atoms with E-state index in [2.05, 4.69) is 10.6 Å². The van der Waals surface area contributed by atoms with Crippen molar-refractivity contribution >= 4 is 11.8 Å². The molecule has 0 aromatic heterocycles. The van der Waals surface area contributed by atoms with Crippen LogP contribution in [0.15, 0.2) is 24.3 Å². The number of hydrogen-bond acceptors (Lipinski definition) is 2. The van der Waals surface area contributed by atoms with Crippen LogP contribution in [0, 0.1) is 0 Å². The van der Waals surface area contributed by atoms with Gasteiger partial charge in [-0.2, -0.15) is 0 Å². The third kappa shape index (κ3) is 7.56. The number of nitrogens with one attached hydrogen (secondary N) is 2. The molecule has 1 aromatic carbocycles. The van der Waals surface area contributed by atoms with Gasteiger partial charge >= 0.3 is 0 Å². The van der Waals surface area contributed by atoms with E-state index in [9.17, 15) is 9.59 Å². The monoisotopic (exact) mass is 278 g/mol. The number of carbonyl (C=O) groups is 2. The van der Waals surface area contributed by atoms with Gasteiger partial charge in [-0.05, 0) is 24.0 Å². The van der Waals surface area contributed by atoms with Crippen LogP contribution in [0.25, 0.3) is 0 Å². The second kappa shape index (κ2) is 11.0. The number of amides is 2. The van der Waals surface area contributed by atoms with Crippen molar-refractivity contribution in [2.24, 2.45) is 0 Å². The molecule has 0 aliphatic rings. The van der Waals surface area contributed by atoms with E-state index in [0.717, 1.165) is 24.0 Å². The van der Waals surface area contributed by atoms with E-state index < -0.39 is 0 Å². The zero-order valence-electron chi connectivity index (χ0n) is 13.0. The van der Waals surface area contributed by atoms with Gasteiger partial charge in [-0.25, -0.2) is 0 Å². The molecule has 0 heterocycles. The molecular formula is C16H26N2O2. The SMILES string of the molecule is CC.CNC(=O)CCc1ccc(CCC(=O)NC)cc1. The molecule has 0 bridgehead atoms. The van der Waals surface area contributed by atoms with Gasteiger partial charge in [0.15, 0.2) is 0 Å². The van der Waals surface area contributed by atoms with E-state index in [-0.39, 0.29) is 11.8 Å². The molecule has 0 aliphatic heterocycles. The Morgan fingerprint density at radius 2 is 1.10 bits per heavy atom. The van der Waals surface area contributed by atoms with Gasteiger partial charge in [-0.3, -0.25) is 9.59 Å². The van der Waals surface area contributed by atoms with Crippen LogP contribution >= 0.6 is 0 Å². The molecule has 0 unspecified atom stereocenters. The van der Waals surface area contributed by atoms with Gasteiger partial charge in [0.1, 0.15) is 0 Å². The average Bonchev–Trinajstić information content (AvgIpc) is 2.53. The molecule has 0 fully saturated rings. The van der Waals surface area contributed by atoms with Crippen LogP contribution in [0.4, 0.5) is 0 Å². The van der Waals surface area contributed by atoms with Gasteiger partial charge in [0, 0.05) is 26.9 Å². The van der Waals surface area contributed by atoms with Gasteiger partial charge in [0.2, 0.25) is 11.8 Å². The Hall–Kier alpha value is -1.84. The first-order chi connectivity index (χ1) is 9.65. The number of hydrogen-bond donors (Lipinski definition) is 2. The minimum absolute atomic E-state index is 0.0543. The van der Waals surface area contributed by atoms with Gasteiger partial charge in [-0.15, -0.1) is 0 Å². The number of carbonyl (C=O) groups excluding carboxylic acids is 2. The van der Waals surface area contributed by atoms with Crippen LogP contribution in [0.1, 0.15) is 37.8 Å². The fourth-order valence-electron chi connectivity index (χ4n) is 1.64. The second-order valence-corrected chi connectivity index (χ2v) is 4.16. The molecule has 0 spiro atoms. The summed E-state index contributed by atoms with van der Waals surface area (Å²) in [6, 6.07) is 8.06. The lowest BCUT2D eigenvalue weighted by Crippen LogP contribution is -2.18. The second-order valence-electron chi connectivity index (χ2n) is 4.16. The number of benzene rings is 1. The Kier molecular flexibility index (Phi) is 10.0. The summed E-state index contributed by atoms with van der Waals surface area (Å²) in [5.74, 6) is 0.109. The van der Waals surface area contributed by atoms with Crippen molar-refractivity contribution in [1.29, 1.82) is 0 Å². The van der Waals surface area contributed by atoms with E-state index in [1.165, 1.54) is 0 Å². The molecule has 0 aliphatic carbocycles. The number of aryl methyl sites for hydroxylation is 2. The van der Waals surface area contributed by atoms with E-state index >= 15 is 0 Å². The highest BCUT2D eigenvalue weighted by molar-refractivity contribution is 5.76. The quantitative estimate of drug-likeness (QED) is 0.837. The summed E-state index contributed by atoms with van der Waals surface area (Å²) in [7, 11) is 3.29. The largest absolute Gasteiger partial charge is 0.359 e. The molecule has 0 saturated heterocycles. The topological polar surface area (TPSA) is 58.2 Å². The molecule has 4 heteroatoms. The van der Waals surface area contributed by atoms with Crippen molar-refractivity contribution in [3.8, 4) is 0 Å². The van der Waals surface area contributed by atoms with Crippen LogP contribution in [0.5, 0.6) is 0 Å². The van der Waals surface area contributed by atoms with Crippen LogP contribution in [-0.2, 0) is 22.4 Å². The van der Waals surface area contributed by atoms with Crippen molar-refractivity contribution in [3.63, 3.8) is 0 Å². The van der Waals surface area contributed by atoms with Crippen molar-refractivity contribution < 1.29 is 9.59 Å². The van der Waals surface area contributed by atoms with Crippen molar-refractivity contribution in [3.05, 3.63) is 35.4 Å². The van der Waals surface area contributed by atoms with Gasteiger partial charge < -0.3 is 10.6 Å². The molecule has 0 saturated carbocycles. The maximum Gasteiger partial charge on any atom is 0.220 e. The molecule has 0 atom stereocenters. The minimum atomic E-state index is 0.0543. The predicted octanol–water partition coefficient (Wildman–Crippen LogP) is 2.07. The van der Waals surface area contributed by atoms with E-state index in [1.54, 1.807) is 14.1 Å². The summed E-state index contributed by atoms with van der Waals surface area (Å²) in [5.41, 5.74) is 2.28. The molecule has 20 heavy (non-hydrogen) atoms. The lowest BCUT2D eigenvalue weighted by Gasteiger charge is -2.04. The van der Waals surface area contributed by atoms with Crippen LogP contribution in [-0.4, -0.2) is 25.9 Å². The summed E-state index contributed by atoms with van der Waals surface area (Å²) < 4.78 is 0. The molecule has 2 N–H and O–H groups in total. The highest BCUT2D eigenvalue weighted by Gasteiger charge is 2.02. The smallest absolute Gasteiger partial charge is 0.220 e. The predicted molar refractivity (Wildman–Crippen MR) is 82.6 cm³/mol. The maximum atomic E-state index is 11.1. The highest BCUT2D eigenvalue weighted by Crippen LogP contribution is 2.08. The Morgan fingerprint density at radius 3 is 1.35 bits per heavy atom. The summed E-state index contributed by atoms with van der Waals surface area (Å²) in [6.45, 7) is 4.00. The molecule has 2 amide bonds. The van der Waals surface area contributed by atoms with Gasteiger partial charge in [-0.1, -0.05) is 38.1 Å². The lowest BCUT2D eigenvalue weighted by molar-refractivity contribution is -0.121. The Balaban J connectivity index is 0.00000172. The minimum Gasteiger partial charge on any atom is -0.359 e. The summed E-state index contributed by atoms with van der Waals surface area (Å²) in [4.78, 5) is 22.2. The fraction of sp³-hybridized carbons (Fsp3) is 0.500. The molecule has 1 aromatic rings. The zero-order valence-corrected chi connectivity index (χ0v) is 13.0. The fourth-order valence-corrected chi connectivity index (χ4v) is 1.64. The third-order valence-electron chi connectivity index (χ3n) is 2.86. The van der Waals surface area contributed by atoms with E-state index in [0.29, 0.717) is 12.8 Å². The van der Waals surface area contributed by atoms with Crippen molar-refractivity contribution in [1.82, 2.24) is 10.6 Å². The summed E-state index contributed by atoms with van der Waals surface area (Å²) >= 11 is 0. The maximum absolute atomic E-state index is 11.1. The lowest BCUT2D eigenvalue weighted by atomic mass is 10.0. The molecule has 0 radical (unpaired) electrons. The zero-order chi connectivity index (χ0) is 15.4. The van der Waals surface area contributed by atoms with Crippen molar-refractivity contribution in [2.45, 2.75) is 39.5 Å². The average molecular weight is 278 g/mol. The molecular weight excluding hydrogens is 252 g/mol. The van der Waals surface area contributed by atoms with E-state index in [1.807, 2.05) is 38.1 Å². The van der Waals surface area contributed by atoms with Crippen molar-refractivity contribution in [2.75, 3.05) is 14.1 Å². The first kappa shape index (κ1) is 18.2. The molecule has 112 valence electrons. The molecule has 1 rings (SSSR count). The van der Waals surface area contributed by atoms with Crippen LogP contribution in [0.2, 0.25) is 0 Å². The molecule has 4 nitrogen and oxygen atoms in total. The summed E-state index contributed by atoms with van der Waals surface area (Å²) in [6.07, 6.45) is 2.51. The Morgan fingerprint density at radius 1 is 0.800 bits per heavy atom. The first-order valence-electron chi connectivity index (χ1n) is 7.14. The number of rotatable bonds is 6. The van der Waals surface area contributed by atoms with Gasteiger partial charge in [0.05, 0.1) is 0 Å². The normalized spacial score (nSPS) is 9.20. The Bertz CT molecular complexity index is 360.